The Hall–Kier alpha value is -3.50. The molecule has 41 heavy (non-hydrogen) atoms. The molecule has 2 fully saturated rings. The summed E-state index contributed by atoms with van der Waals surface area (Å²) in [7, 11) is 1.75. The zero-order valence-electron chi connectivity index (χ0n) is 25.0. The van der Waals surface area contributed by atoms with E-state index in [1.54, 1.807) is 7.11 Å². The zero-order valence-corrected chi connectivity index (χ0v) is 25.0. The number of hydrogen-bond acceptors (Lipinski definition) is 4. The maximum Gasteiger partial charge on any atom is 0.127 e. The lowest BCUT2D eigenvalue weighted by Crippen LogP contribution is -2.43. The summed E-state index contributed by atoms with van der Waals surface area (Å²) in [5.41, 5.74) is 8.77. The topological polar surface area (TPSA) is 41.9 Å². The smallest absolute Gasteiger partial charge is 0.127 e. The van der Waals surface area contributed by atoms with Gasteiger partial charge < -0.3 is 19.5 Å². The first-order valence-electron chi connectivity index (χ1n) is 15.0. The standard InChI is InChI=1S/C37H41NO3/c1-35(2)21-36(3,4)23-37(22-35)30-9-7-6-8-26(30)34-29-19-33(40-5)27(18-28(29)32(39)20-31(34)37)24-10-12-25(13-11-24)38-14-16-41-17-15-38/h6-13,18-20,39H,14-17,21-23H2,1-5H3. The number of aromatic hydroxyl groups is 1. The number of nitrogens with zero attached hydrogens (tertiary/aromatic N) is 1. The molecule has 4 nitrogen and oxygen atoms in total. The minimum atomic E-state index is -0.121. The van der Waals surface area contributed by atoms with Crippen molar-refractivity contribution in [2.75, 3.05) is 38.3 Å². The number of rotatable bonds is 3. The van der Waals surface area contributed by atoms with Crippen LogP contribution in [0.4, 0.5) is 5.69 Å². The van der Waals surface area contributed by atoms with Gasteiger partial charge in [0.25, 0.3) is 0 Å². The molecule has 0 radical (unpaired) electrons. The van der Waals surface area contributed by atoms with E-state index in [0.717, 1.165) is 66.8 Å². The molecule has 1 spiro atoms. The van der Waals surface area contributed by atoms with Crippen LogP contribution in [0.2, 0.25) is 0 Å². The Balaban J connectivity index is 1.41. The minimum Gasteiger partial charge on any atom is -0.507 e. The average Bonchev–Trinajstić information content (AvgIpc) is 3.19. The summed E-state index contributed by atoms with van der Waals surface area (Å²) in [4.78, 5) is 2.36. The van der Waals surface area contributed by atoms with Crippen LogP contribution >= 0.6 is 0 Å². The van der Waals surface area contributed by atoms with E-state index in [9.17, 15) is 5.11 Å². The van der Waals surface area contributed by atoms with E-state index in [2.05, 4.69) is 99.3 Å². The molecule has 1 saturated heterocycles. The molecule has 0 amide bonds. The molecule has 0 bridgehead atoms. The molecule has 4 aromatic rings. The monoisotopic (exact) mass is 547 g/mol. The number of hydrogen-bond donors (Lipinski definition) is 1. The van der Waals surface area contributed by atoms with Crippen molar-refractivity contribution in [3.8, 4) is 33.8 Å². The molecular weight excluding hydrogens is 506 g/mol. The van der Waals surface area contributed by atoms with Gasteiger partial charge in [0.15, 0.2) is 0 Å². The highest BCUT2D eigenvalue weighted by molar-refractivity contribution is 6.07. The molecule has 3 aliphatic rings. The number of fused-ring (bicyclic) bond motifs is 7. The van der Waals surface area contributed by atoms with E-state index >= 15 is 0 Å². The van der Waals surface area contributed by atoms with E-state index in [1.165, 1.54) is 34.4 Å². The summed E-state index contributed by atoms with van der Waals surface area (Å²) in [6, 6.07) is 24.0. The van der Waals surface area contributed by atoms with Crippen LogP contribution in [0.15, 0.2) is 66.7 Å². The number of morpholine rings is 1. The van der Waals surface area contributed by atoms with Crippen molar-refractivity contribution in [1.82, 2.24) is 0 Å². The molecule has 0 unspecified atom stereocenters. The zero-order chi connectivity index (χ0) is 28.6. The van der Waals surface area contributed by atoms with Crippen molar-refractivity contribution in [1.29, 1.82) is 0 Å². The highest BCUT2D eigenvalue weighted by Gasteiger charge is 2.53. The molecule has 1 N–H and O–H groups in total. The number of phenolic OH excluding ortho intramolecular Hbond substituents is 1. The third-order valence-electron chi connectivity index (χ3n) is 9.74. The Labute approximate surface area is 243 Å². The molecule has 4 heteroatoms. The second-order valence-electron chi connectivity index (χ2n) is 14.0. The van der Waals surface area contributed by atoms with Gasteiger partial charge in [-0.1, -0.05) is 64.1 Å². The van der Waals surface area contributed by atoms with Gasteiger partial charge >= 0.3 is 0 Å². The highest BCUT2D eigenvalue weighted by Crippen LogP contribution is 2.65. The van der Waals surface area contributed by atoms with Gasteiger partial charge in [0.2, 0.25) is 0 Å². The van der Waals surface area contributed by atoms with Gasteiger partial charge in [-0.3, -0.25) is 0 Å². The Bertz CT molecular complexity index is 1630. The predicted molar refractivity (Wildman–Crippen MR) is 168 cm³/mol. The second-order valence-corrected chi connectivity index (χ2v) is 14.0. The average molecular weight is 548 g/mol. The van der Waals surface area contributed by atoms with Crippen molar-refractivity contribution in [2.24, 2.45) is 10.8 Å². The molecule has 1 heterocycles. The van der Waals surface area contributed by atoms with Crippen LogP contribution in [0.5, 0.6) is 11.5 Å². The Morgan fingerprint density at radius 1 is 0.756 bits per heavy atom. The Morgan fingerprint density at radius 3 is 2.12 bits per heavy atom. The van der Waals surface area contributed by atoms with Crippen LogP contribution in [0.1, 0.15) is 58.1 Å². The molecule has 7 rings (SSSR count). The molecule has 0 atom stereocenters. The molecule has 4 aromatic carbocycles. The van der Waals surface area contributed by atoms with Crippen LogP contribution in [0, 0.1) is 10.8 Å². The van der Waals surface area contributed by atoms with E-state index < -0.39 is 0 Å². The van der Waals surface area contributed by atoms with Crippen LogP contribution < -0.4 is 9.64 Å². The molecule has 1 saturated carbocycles. The first-order chi connectivity index (χ1) is 19.6. The maximum atomic E-state index is 11.7. The number of benzene rings is 4. The van der Waals surface area contributed by atoms with Gasteiger partial charge in [-0.05, 0) is 93.6 Å². The number of phenols is 1. The number of anilines is 1. The number of methoxy groups -OCH3 is 1. The lowest BCUT2D eigenvalue weighted by molar-refractivity contribution is 0.0645. The largest absolute Gasteiger partial charge is 0.507 e. The summed E-state index contributed by atoms with van der Waals surface area (Å²) in [6.07, 6.45) is 3.34. The van der Waals surface area contributed by atoms with Crippen molar-refractivity contribution in [3.05, 3.63) is 77.9 Å². The Morgan fingerprint density at radius 2 is 1.44 bits per heavy atom. The predicted octanol–water partition coefficient (Wildman–Crippen LogP) is 8.56. The van der Waals surface area contributed by atoms with E-state index in [-0.39, 0.29) is 16.2 Å². The SMILES string of the molecule is COc1cc2c3c(cc(O)c2cc1-c1ccc(N2CCOCC2)cc1)C1(CC(C)(C)CC(C)(C)C1)c1ccccc1-3. The summed E-state index contributed by atoms with van der Waals surface area (Å²) < 4.78 is 11.6. The van der Waals surface area contributed by atoms with Crippen molar-refractivity contribution >= 4 is 16.5 Å². The first kappa shape index (κ1) is 26.4. The van der Waals surface area contributed by atoms with E-state index in [1.807, 2.05) is 0 Å². The fourth-order valence-electron chi connectivity index (χ4n) is 8.93. The Kier molecular flexibility index (Phi) is 5.96. The van der Waals surface area contributed by atoms with Crippen molar-refractivity contribution in [2.45, 2.75) is 52.4 Å². The summed E-state index contributed by atoms with van der Waals surface area (Å²) in [5, 5.41) is 13.6. The van der Waals surface area contributed by atoms with Gasteiger partial charge in [-0.25, -0.2) is 0 Å². The van der Waals surface area contributed by atoms with Crippen LogP contribution in [-0.2, 0) is 10.2 Å². The third kappa shape index (κ3) is 4.22. The van der Waals surface area contributed by atoms with Gasteiger partial charge in [-0.15, -0.1) is 0 Å². The van der Waals surface area contributed by atoms with E-state index in [4.69, 9.17) is 9.47 Å². The summed E-state index contributed by atoms with van der Waals surface area (Å²) in [6.45, 7) is 13.0. The van der Waals surface area contributed by atoms with Gasteiger partial charge in [0, 0.05) is 35.1 Å². The summed E-state index contributed by atoms with van der Waals surface area (Å²) >= 11 is 0. The summed E-state index contributed by atoms with van der Waals surface area (Å²) in [5.74, 6) is 1.17. The van der Waals surface area contributed by atoms with Crippen molar-refractivity contribution in [3.63, 3.8) is 0 Å². The van der Waals surface area contributed by atoms with Gasteiger partial charge in [0.1, 0.15) is 11.5 Å². The lowest BCUT2D eigenvalue weighted by Gasteiger charge is -2.51. The molecule has 2 aliphatic carbocycles. The molecular formula is C37H41NO3. The molecule has 212 valence electrons. The van der Waals surface area contributed by atoms with Crippen LogP contribution in [0.3, 0.4) is 0 Å². The van der Waals surface area contributed by atoms with Crippen LogP contribution in [-0.4, -0.2) is 38.5 Å². The normalized spacial score (nSPS) is 20.2. The fraction of sp³-hybridized carbons (Fsp3) is 0.405. The quantitative estimate of drug-likeness (QED) is 0.279. The van der Waals surface area contributed by atoms with E-state index in [0.29, 0.717) is 5.75 Å². The van der Waals surface area contributed by atoms with Gasteiger partial charge in [-0.2, -0.15) is 0 Å². The third-order valence-corrected chi connectivity index (χ3v) is 9.74. The minimum absolute atomic E-state index is 0.121. The fourth-order valence-corrected chi connectivity index (χ4v) is 8.93. The highest BCUT2D eigenvalue weighted by atomic mass is 16.5. The molecule has 1 aliphatic heterocycles. The van der Waals surface area contributed by atoms with Crippen LogP contribution in [0.25, 0.3) is 33.0 Å². The maximum absolute atomic E-state index is 11.7. The second kappa shape index (κ2) is 9.25. The van der Waals surface area contributed by atoms with Gasteiger partial charge in [0.05, 0.1) is 20.3 Å². The molecule has 0 aromatic heterocycles. The number of ether oxygens (including phenoxy) is 2. The van der Waals surface area contributed by atoms with Crippen molar-refractivity contribution < 1.29 is 14.6 Å². The lowest BCUT2D eigenvalue weighted by atomic mass is 9.52. The first-order valence-corrected chi connectivity index (χ1v) is 15.0.